The smallest absolute Gasteiger partial charge is 0.333 e. The number of nitrogens with zero attached hydrogens (tertiary/aromatic N) is 10. The summed E-state index contributed by atoms with van der Waals surface area (Å²) in [6.07, 6.45) is 7.45. The molecule has 1 saturated carbocycles. The minimum absolute atomic E-state index is 0.0416. The van der Waals surface area contributed by atoms with Crippen molar-refractivity contribution in [1.29, 1.82) is 5.26 Å². The van der Waals surface area contributed by atoms with Crippen LogP contribution < -0.4 is 21.5 Å². The summed E-state index contributed by atoms with van der Waals surface area (Å²) in [6.45, 7) is 5.40. The summed E-state index contributed by atoms with van der Waals surface area (Å²) >= 11 is 0. The van der Waals surface area contributed by atoms with Crippen molar-refractivity contribution in [1.82, 2.24) is 38.6 Å². The summed E-state index contributed by atoms with van der Waals surface area (Å²) in [5.74, 6) is 1.55. The summed E-state index contributed by atoms with van der Waals surface area (Å²) in [4.78, 5) is 62.6. The molecule has 1 amide bonds. The Kier molecular flexibility index (Phi) is 5.53. The normalized spacial score (nSPS) is 20.5. The highest BCUT2D eigenvalue weighted by molar-refractivity contribution is 5.93. The number of hydrogen-bond donors (Lipinski definition) is 1. The monoisotopic (exact) mass is 527 g/mol. The lowest BCUT2D eigenvalue weighted by molar-refractivity contribution is -0.118. The molecule has 14 nitrogen and oxygen atoms in total. The molecule has 4 aromatic heterocycles. The zero-order valence-electron chi connectivity index (χ0n) is 21.6. The molecule has 4 aromatic rings. The lowest BCUT2D eigenvalue weighted by Crippen LogP contribution is -2.40. The van der Waals surface area contributed by atoms with Gasteiger partial charge in [0, 0.05) is 38.7 Å². The van der Waals surface area contributed by atoms with Gasteiger partial charge in [0.1, 0.15) is 18.4 Å². The Morgan fingerprint density at radius 2 is 2.03 bits per heavy atom. The van der Waals surface area contributed by atoms with E-state index in [4.69, 9.17) is 5.26 Å². The summed E-state index contributed by atoms with van der Waals surface area (Å²) in [5.41, 5.74) is -0.195. The minimum Gasteiger partial charge on any atom is -0.340 e. The molecule has 0 radical (unpaired) electrons. The number of aryl methyl sites for hydroxylation is 1. The van der Waals surface area contributed by atoms with Crippen LogP contribution in [0.25, 0.3) is 22.6 Å². The maximum atomic E-state index is 13.1. The molecule has 39 heavy (non-hydrogen) atoms. The van der Waals surface area contributed by atoms with Crippen LogP contribution in [0, 0.1) is 22.7 Å². The van der Waals surface area contributed by atoms with Gasteiger partial charge >= 0.3 is 5.69 Å². The standard InChI is InChI=1S/C25H25N11O3/c1-14(36-13-30-20-18(36)22(38)35(7-5-26)24(39)33(20)3)21(37)32-17-4-6-27-19(31-17)15-9-28-23(29-10-15)34-11-16-8-25(16,2)12-34/h4,6,9-10,13-14,16H,7-8,11-12H2,1-3H3,(H,27,31,32,37). The molecule has 0 spiro atoms. The number of nitriles is 1. The number of rotatable bonds is 6. The van der Waals surface area contributed by atoms with Crippen LogP contribution in [0.3, 0.4) is 0 Å². The molecule has 6 rings (SSSR count). The van der Waals surface area contributed by atoms with E-state index in [1.165, 1.54) is 35.1 Å². The summed E-state index contributed by atoms with van der Waals surface area (Å²) in [5, 5.41) is 11.8. The van der Waals surface area contributed by atoms with Gasteiger partial charge < -0.3 is 14.8 Å². The van der Waals surface area contributed by atoms with Crippen LogP contribution in [0.2, 0.25) is 0 Å². The van der Waals surface area contributed by atoms with Crippen LogP contribution in [0.15, 0.2) is 40.6 Å². The molecule has 14 heteroatoms. The van der Waals surface area contributed by atoms with Gasteiger partial charge in [-0.3, -0.25) is 14.2 Å². The number of carbonyl (C=O) groups excluding carboxylic acids is 1. The van der Waals surface area contributed by atoms with E-state index in [2.05, 4.69) is 42.1 Å². The molecule has 5 heterocycles. The van der Waals surface area contributed by atoms with E-state index in [0.717, 1.165) is 23.6 Å². The lowest BCUT2D eigenvalue weighted by Gasteiger charge is -2.19. The summed E-state index contributed by atoms with van der Waals surface area (Å²) in [6, 6.07) is 2.48. The Labute approximate surface area is 221 Å². The Morgan fingerprint density at radius 1 is 1.26 bits per heavy atom. The van der Waals surface area contributed by atoms with Crippen molar-refractivity contribution in [3.8, 4) is 17.5 Å². The summed E-state index contributed by atoms with van der Waals surface area (Å²) < 4.78 is 3.35. The van der Waals surface area contributed by atoms with E-state index in [1.807, 2.05) is 6.07 Å². The molecule has 1 aliphatic carbocycles. The average Bonchev–Trinajstić information content (AvgIpc) is 3.24. The lowest BCUT2D eigenvalue weighted by atomic mass is 10.1. The first kappa shape index (κ1) is 24.4. The van der Waals surface area contributed by atoms with Crippen molar-refractivity contribution in [2.45, 2.75) is 32.9 Å². The van der Waals surface area contributed by atoms with Gasteiger partial charge in [-0.15, -0.1) is 0 Å². The second-order valence-electron chi connectivity index (χ2n) is 10.4. The van der Waals surface area contributed by atoms with Crippen LogP contribution >= 0.6 is 0 Å². The first-order chi connectivity index (χ1) is 18.7. The minimum atomic E-state index is -0.884. The number of nitrogens with one attached hydrogen (secondary N) is 1. The van der Waals surface area contributed by atoms with Crippen LogP contribution in [-0.4, -0.2) is 57.6 Å². The van der Waals surface area contributed by atoms with Gasteiger partial charge in [0.05, 0.1) is 18.0 Å². The molecule has 1 N–H and O–H groups in total. The first-order valence-corrected chi connectivity index (χ1v) is 12.4. The van der Waals surface area contributed by atoms with Gasteiger partial charge in [0.2, 0.25) is 11.9 Å². The van der Waals surface area contributed by atoms with Gasteiger partial charge in [0.25, 0.3) is 5.56 Å². The van der Waals surface area contributed by atoms with Gasteiger partial charge in [-0.2, -0.15) is 5.26 Å². The Bertz CT molecular complexity index is 1780. The van der Waals surface area contributed by atoms with E-state index < -0.39 is 29.7 Å². The van der Waals surface area contributed by atoms with E-state index in [1.54, 1.807) is 25.4 Å². The van der Waals surface area contributed by atoms with Crippen LogP contribution in [-0.2, 0) is 18.4 Å². The maximum Gasteiger partial charge on any atom is 0.333 e. The number of imidazole rings is 1. The fraction of sp³-hybridized carbons (Fsp3) is 0.400. The number of hydrogen-bond acceptors (Lipinski definition) is 10. The Balaban J connectivity index is 1.22. The third-order valence-corrected chi connectivity index (χ3v) is 7.70. The predicted molar refractivity (Wildman–Crippen MR) is 140 cm³/mol. The van der Waals surface area contributed by atoms with Crippen LogP contribution in [0.1, 0.15) is 26.3 Å². The molecule has 3 atom stereocenters. The molecular formula is C25H25N11O3. The van der Waals surface area contributed by atoms with E-state index in [0.29, 0.717) is 22.8 Å². The number of amides is 1. The number of carbonyl (C=O) groups is 1. The Morgan fingerprint density at radius 3 is 2.72 bits per heavy atom. The molecule has 0 bridgehead atoms. The van der Waals surface area contributed by atoms with Crippen molar-refractivity contribution in [3.05, 3.63) is 51.8 Å². The topological polar surface area (TPSA) is 170 Å². The highest BCUT2D eigenvalue weighted by Crippen LogP contribution is 2.57. The quantitative estimate of drug-likeness (QED) is 0.377. The van der Waals surface area contributed by atoms with Crippen molar-refractivity contribution in [3.63, 3.8) is 0 Å². The van der Waals surface area contributed by atoms with Crippen LogP contribution in [0.5, 0.6) is 0 Å². The molecule has 1 aliphatic heterocycles. The predicted octanol–water partition coefficient (Wildman–Crippen LogP) is 0.713. The summed E-state index contributed by atoms with van der Waals surface area (Å²) in [7, 11) is 1.45. The zero-order chi connectivity index (χ0) is 27.5. The van der Waals surface area contributed by atoms with Crippen molar-refractivity contribution >= 4 is 28.8 Å². The highest BCUT2D eigenvalue weighted by atomic mass is 16.2. The second kappa shape index (κ2) is 8.83. The fourth-order valence-corrected chi connectivity index (χ4v) is 5.22. The highest BCUT2D eigenvalue weighted by Gasteiger charge is 2.56. The molecular weight excluding hydrogens is 502 g/mol. The number of fused-ring (bicyclic) bond motifs is 2. The van der Waals surface area contributed by atoms with E-state index in [-0.39, 0.29) is 17.0 Å². The number of anilines is 2. The first-order valence-electron chi connectivity index (χ1n) is 12.4. The van der Waals surface area contributed by atoms with Crippen molar-refractivity contribution in [2.24, 2.45) is 18.4 Å². The van der Waals surface area contributed by atoms with E-state index >= 15 is 0 Å². The molecule has 1 saturated heterocycles. The average molecular weight is 528 g/mol. The van der Waals surface area contributed by atoms with Gasteiger partial charge in [-0.1, -0.05) is 6.92 Å². The Hall–Kier alpha value is -4.93. The van der Waals surface area contributed by atoms with Gasteiger partial charge in [-0.05, 0) is 30.7 Å². The largest absolute Gasteiger partial charge is 0.340 e. The molecule has 198 valence electrons. The zero-order valence-corrected chi connectivity index (χ0v) is 21.6. The molecule has 2 aliphatic rings. The molecule has 2 fully saturated rings. The van der Waals surface area contributed by atoms with Gasteiger partial charge in [0.15, 0.2) is 17.0 Å². The van der Waals surface area contributed by atoms with Crippen LogP contribution in [0.4, 0.5) is 11.8 Å². The third kappa shape index (κ3) is 4.02. The second-order valence-corrected chi connectivity index (χ2v) is 10.4. The van der Waals surface area contributed by atoms with Crippen molar-refractivity contribution in [2.75, 3.05) is 23.3 Å². The molecule has 3 unspecified atom stereocenters. The number of piperidine rings is 1. The SMILES string of the molecule is CC(C(=O)Nc1ccnc(-c2cnc(N3CC4CC4(C)C3)nc2)n1)n1cnc2c1c(=O)n(CC#N)c(=O)n2C. The fourth-order valence-electron chi connectivity index (χ4n) is 5.22. The number of aromatic nitrogens is 8. The molecule has 0 aromatic carbocycles. The maximum absolute atomic E-state index is 13.1. The van der Waals surface area contributed by atoms with E-state index in [9.17, 15) is 14.4 Å². The van der Waals surface area contributed by atoms with Crippen molar-refractivity contribution < 1.29 is 4.79 Å². The third-order valence-electron chi connectivity index (χ3n) is 7.70. The van der Waals surface area contributed by atoms with Gasteiger partial charge in [-0.25, -0.2) is 34.3 Å².